The summed E-state index contributed by atoms with van der Waals surface area (Å²) in [6, 6.07) is 13.2. The molecule has 4 nitrogen and oxygen atoms in total. The predicted molar refractivity (Wildman–Crippen MR) is 71.7 cm³/mol. The van der Waals surface area contributed by atoms with Crippen LogP contribution in [-0.4, -0.2) is 16.1 Å². The molecule has 2 heterocycles. The minimum absolute atomic E-state index is 0.325. The molecule has 19 heavy (non-hydrogen) atoms. The van der Waals surface area contributed by atoms with E-state index in [4.69, 9.17) is 4.42 Å². The number of aryl methyl sites for hydroxylation is 1. The molecule has 94 valence electrons. The van der Waals surface area contributed by atoms with E-state index >= 15 is 0 Å². The molecule has 0 aliphatic carbocycles. The molecule has 1 aromatic carbocycles. The Kier molecular flexibility index (Phi) is 2.76. The van der Waals surface area contributed by atoms with Crippen LogP contribution in [0.3, 0.4) is 0 Å². The summed E-state index contributed by atoms with van der Waals surface area (Å²) < 4.78 is 7.24. The summed E-state index contributed by atoms with van der Waals surface area (Å²) in [7, 11) is 1.88. The lowest BCUT2D eigenvalue weighted by atomic mass is 10.0. The Bertz CT molecular complexity index is 725. The molecular formula is C15H12N2O2. The molecule has 0 aliphatic heterocycles. The molecule has 0 atom stereocenters. The number of aldehydes is 1. The molecular weight excluding hydrogens is 240 g/mol. The number of hydrogen-bond acceptors (Lipinski definition) is 3. The van der Waals surface area contributed by atoms with Crippen molar-refractivity contribution < 1.29 is 9.21 Å². The molecule has 0 spiro atoms. The lowest BCUT2D eigenvalue weighted by molar-refractivity contribution is 0.110. The maximum absolute atomic E-state index is 10.7. The van der Waals surface area contributed by atoms with E-state index in [1.54, 1.807) is 16.8 Å². The summed E-state index contributed by atoms with van der Waals surface area (Å²) in [6.45, 7) is 0. The molecule has 0 bridgehead atoms. The topological polar surface area (TPSA) is 48.0 Å². The van der Waals surface area contributed by atoms with E-state index in [-0.39, 0.29) is 0 Å². The van der Waals surface area contributed by atoms with Gasteiger partial charge in [-0.25, -0.2) is 0 Å². The molecule has 3 rings (SSSR count). The molecule has 0 unspecified atom stereocenters. The Labute approximate surface area is 110 Å². The number of furan rings is 1. The second-order valence-electron chi connectivity index (χ2n) is 4.24. The Balaban J connectivity index is 2.14. The lowest BCUT2D eigenvalue weighted by Gasteiger charge is -2.04. The van der Waals surface area contributed by atoms with Crippen molar-refractivity contribution in [1.82, 2.24) is 9.78 Å². The van der Waals surface area contributed by atoms with E-state index in [9.17, 15) is 4.79 Å². The van der Waals surface area contributed by atoms with Gasteiger partial charge in [0.2, 0.25) is 0 Å². The first-order valence-corrected chi connectivity index (χ1v) is 5.92. The smallest absolute Gasteiger partial charge is 0.185 e. The van der Waals surface area contributed by atoms with Crippen molar-refractivity contribution in [3.63, 3.8) is 0 Å². The maximum atomic E-state index is 10.7. The summed E-state index contributed by atoms with van der Waals surface area (Å²) in [4.78, 5) is 10.7. The third-order valence-electron chi connectivity index (χ3n) is 2.93. The highest BCUT2D eigenvalue weighted by molar-refractivity contribution is 5.81. The Hall–Kier alpha value is -2.62. The van der Waals surface area contributed by atoms with Crippen molar-refractivity contribution in [1.29, 1.82) is 0 Å². The normalized spacial score (nSPS) is 10.6. The summed E-state index contributed by atoms with van der Waals surface area (Å²) in [5.74, 6) is 0.995. The van der Waals surface area contributed by atoms with Crippen LogP contribution in [0, 0.1) is 0 Å². The monoisotopic (exact) mass is 252 g/mol. The third kappa shape index (κ3) is 2.08. The highest BCUT2D eigenvalue weighted by Gasteiger charge is 2.12. The molecule has 3 aromatic rings. The minimum atomic E-state index is 0.325. The highest BCUT2D eigenvalue weighted by Crippen LogP contribution is 2.31. The lowest BCUT2D eigenvalue weighted by Crippen LogP contribution is -1.89. The van der Waals surface area contributed by atoms with Gasteiger partial charge in [0.15, 0.2) is 12.0 Å². The first-order chi connectivity index (χ1) is 9.28. The molecule has 0 saturated carbocycles. The molecule has 2 aromatic heterocycles. The zero-order valence-corrected chi connectivity index (χ0v) is 10.4. The van der Waals surface area contributed by atoms with Gasteiger partial charge in [0.25, 0.3) is 0 Å². The van der Waals surface area contributed by atoms with Crippen LogP contribution in [0.4, 0.5) is 0 Å². The van der Waals surface area contributed by atoms with Gasteiger partial charge in [-0.1, -0.05) is 24.3 Å². The SMILES string of the molecule is Cn1ccc(-c2ccccc2-c2ccc(C=O)o2)n1. The van der Waals surface area contributed by atoms with E-state index in [0.29, 0.717) is 17.8 Å². The van der Waals surface area contributed by atoms with Crippen LogP contribution in [0.5, 0.6) is 0 Å². The van der Waals surface area contributed by atoms with Gasteiger partial charge in [-0.2, -0.15) is 5.10 Å². The molecule has 0 fully saturated rings. The fourth-order valence-corrected chi connectivity index (χ4v) is 2.04. The Morgan fingerprint density at radius 2 is 1.89 bits per heavy atom. The first-order valence-electron chi connectivity index (χ1n) is 5.92. The Morgan fingerprint density at radius 3 is 2.53 bits per heavy atom. The van der Waals surface area contributed by atoms with E-state index in [2.05, 4.69) is 5.10 Å². The van der Waals surface area contributed by atoms with Crippen LogP contribution in [-0.2, 0) is 7.05 Å². The largest absolute Gasteiger partial charge is 0.453 e. The molecule has 0 aliphatic rings. The summed E-state index contributed by atoms with van der Waals surface area (Å²) in [5.41, 5.74) is 2.78. The van der Waals surface area contributed by atoms with Gasteiger partial charge < -0.3 is 4.42 Å². The van der Waals surface area contributed by atoms with Crippen molar-refractivity contribution in [3.05, 3.63) is 54.4 Å². The molecule has 4 heteroatoms. The number of nitrogens with zero attached hydrogens (tertiary/aromatic N) is 2. The standard InChI is InChI=1S/C15H12N2O2/c1-17-9-8-14(16-17)12-4-2-3-5-13(12)15-7-6-11(10-18)19-15/h2-10H,1H3. The van der Waals surface area contributed by atoms with E-state index < -0.39 is 0 Å². The number of rotatable bonds is 3. The maximum Gasteiger partial charge on any atom is 0.185 e. The summed E-state index contributed by atoms with van der Waals surface area (Å²) in [6.07, 6.45) is 2.60. The second kappa shape index (κ2) is 4.57. The highest BCUT2D eigenvalue weighted by atomic mass is 16.3. The van der Waals surface area contributed by atoms with Crippen molar-refractivity contribution in [2.45, 2.75) is 0 Å². The van der Waals surface area contributed by atoms with E-state index in [1.807, 2.05) is 43.6 Å². The van der Waals surface area contributed by atoms with E-state index in [0.717, 1.165) is 16.8 Å². The van der Waals surface area contributed by atoms with E-state index in [1.165, 1.54) is 0 Å². The van der Waals surface area contributed by atoms with Crippen LogP contribution < -0.4 is 0 Å². The number of aromatic nitrogens is 2. The fraction of sp³-hybridized carbons (Fsp3) is 0.0667. The second-order valence-corrected chi connectivity index (χ2v) is 4.24. The van der Waals surface area contributed by atoms with Crippen LogP contribution >= 0.6 is 0 Å². The number of hydrogen-bond donors (Lipinski definition) is 0. The number of carbonyl (C=O) groups excluding carboxylic acids is 1. The molecule has 0 radical (unpaired) electrons. The molecule has 0 N–H and O–H groups in total. The van der Waals surface area contributed by atoms with Crippen LogP contribution in [0.15, 0.2) is 53.1 Å². The van der Waals surface area contributed by atoms with Crippen LogP contribution in [0.1, 0.15) is 10.6 Å². The van der Waals surface area contributed by atoms with Gasteiger partial charge in [0.05, 0.1) is 5.69 Å². The van der Waals surface area contributed by atoms with Gasteiger partial charge in [0, 0.05) is 24.4 Å². The number of benzene rings is 1. The van der Waals surface area contributed by atoms with Gasteiger partial charge in [-0.05, 0) is 18.2 Å². The van der Waals surface area contributed by atoms with Gasteiger partial charge in [-0.3, -0.25) is 9.48 Å². The summed E-state index contributed by atoms with van der Waals surface area (Å²) >= 11 is 0. The zero-order valence-electron chi connectivity index (χ0n) is 10.4. The van der Waals surface area contributed by atoms with Crippen molar-refractivity contribution >= 4 is 6.29 Å². The minimum Gasteiger partial charge on any atom is -0.453 e. The summed E-state index contributed by atoms with van der Waals surface area (Å²) in [5, 5.41) is 4.40. The van der Waals surface area contributed by atoms with Crippen LogP contribution in [0.25, 0.3) is 22.6 Å². The molecule has 0 saturated heterocycles. The zero-order chi connectivity index (χ0) is 13.2. The van der Waals surface area contributed by atoms with Crippen LogP contribution in [0.2, 0.25) is 0 Å². The average molecular weight is 252 g/mol. The average Bonchev–Trinajstić information content (AvgIpc) is 3.07. The third-order valence-corrected chi connectivity index (χ3v) is 2.93. The Morgan fingerprint density at radius 1 is 1.11 bits per heavy atom. The van der Waals surface area contributed by atoms with Gasteiger partial charge in [0.1, 0.15) is 5.76 Å². The number of carbonyl (C=O) groups is 1. The quantitative estimate of drug-likeness (QED) is 0.673. The van der Waals surface area contributed by atoms with Crippen molar-refractivity contribution in [2.24, 2.45) is 7.05 Å². The first kappa shape index (κ1) is 11.5. The van der Waals surface area contributed by atoms with Gasteiger partial charge >= 0.3 is 0 Å². The fourth-order valence-electron chi connectivity index (χ4n) is 2.04. The van der Waals surface area contributed by atoms with Crippen molar-refractivity contribution in [3.8, 4) is 22.6 Å². The van der Waals surface area contributed by atoms with Crippen molar-refractivity contribution in [2.75, 3.05) is 0 Å². The van der Waals surface area contributed by atoms with Gasteiger partial charge in [-0.15, -0.1) is 0 Å². The molecule has 0 amide bonds. The predicted octanol–water partition coefficient (Wildman–Crippen LogP) is 3.16.